The number of nitrogens with one attached hydrogen (secondary N) is 1. The van der Waals surface area contributed by atoms with Crippen molar-refractivity contribution in [2.75, 3.05) is 7.05 Å². The highest BCUT2D eigenvalue weighted by atomic mass is 19.3. The molecular weight excluding hydrogens is 258 g/mol. The highest BCUT2D eigenvalue weighted by Gasteiger charge is 2.34. The van der Waals surface area contributed by atoms with E-state index in [9.17, 15) is 8.78 Å². The molecule has 0 aromatic heterocycles. The van der Waals surface area contributed by atoms with Crippen LogP contribution in [0.3, 0.4) is 0 Å². The number of piperidine rings is 1. The minimum absolute atomic E-state index is 0.126. The molecule has 0 saturated carbocycles. The molecule has 2 unspecified atom stereocenters. The third-order valence-corrected chi connectivity index (χ3v) is 4.71. The van der Waals surface area contributed by atoms with Crippen LogP contribution in [0.1, 0.15) is 43.2 Å². The quantitative estimate of drug-likeness (QED) is 0.910. The van der Waals surface area contributed by atoms with Gasteiger partial charge in [-0.3, -0.25) is 4.90 Å². The van der Waals surface area contributed by atoms with Crippen molar-refractivity contribution in [2.24, 2.45) is 0 Å². The highest BCUT2D eigenvalue weighted by molar-refractivity contribution is 5.24. The molecule has 2 nitrogen and oxygen atoms in total. The van der Waals surface area contributed by atoms with Crippen molar-refractivity contribution in [1.29, 1.82) is 0 Å². The lowest BCUT2D eigenvalue weighted by Crippen LogP contribution is -2.46. The van der Waals surface area contributed by atoms with Crippen LogP contribution >= 0.6 is 0 Å². The molecule has 2 aliphatic rings. The molecule has 2 fully saturated rings. The summed E-state index contributed by atoms with van der Waals surface area (Å²) in [6, 6.07) is 8.70. The van der Waals surface area contributed by atoms with E-state index in [4.69, 9.17) is 0 Å². The van der Waals surface area contributed by atoms with Crippen LogP contribution in [-0.2, 0) is 6.54 Å². The first-order valence-corrected chi connectivity index (χ1v) is 7.45. The molecule has 0 amide bonds. The Bertz CT molecular complexity index is 452. The monoisotopic (exact) mass is 280 g/mol. The molecule has 3 rings (SSSR count). The number of fused-ring (bicyclic) bond motifs is 2. The smallest absolute Gasteiger partial charge is 0.263 e. The molecule has 1 aromatic rings. The van der Waals surface area contributed by atoms with E-state index in [2.05, 4.69) is 17.3 Å². The van der Waals surface area contributed by atoms with Crippen molar-refractivity contribution in [3.8, 4) is 0 Å². The summed E-state index contributed by atoms with van der Waals surface area (Å²) in [5.41, 5.74) is 1.11. The molecule has 2 atom stereocenters. The summed E-state index contributed by atoms with van der Waals surface area (Å²) in [5, 5.41) is 3.64. The largest absolute Gasteiger partial charge is 0.311 e. The Morgan fingerprint density at radius 3 is 2.60 bits per heavy atom. The van der Waals surface area contributed by atoms with Gasteiger partial charge in [-0.05, 0) is 44.4 Å². The number of rotatable bonds is 4. The fraction of sp³-hybridized carbons (Fsp3) is 0.625. The minimum atomic E-state index is -2.38. The van der Waals surface area contributed by atoms with Gasteiger partial charge < -0.3 is 5.32 Å². The maximum atomic E-state index is 12.7. The average Bonchev–Trinajstić information content (AvgIpc) is 2.77. The average molecular weight is 280 g/mol. The van der Waals surface area contributed by atoms with Gasteiger partial charge in [-0.2, -0.15) is 0 Å². The van der Waals surface area contributed by atoms with E-state index in [1.807, 2.05) is 6.07 Å². The molecule has 110 valence electrons. The third-order valence-electron chi connectivity index (χ3n) is 4.71. The number of hydrogen-bond acceptors (Lipinski definition) is 2. The van der Waals surface area contributed by atoms with E-state index in [0.717, 1.165) is 12.1 Å². The molecule has 4 heteroatoms. The lowest BCUT2D eigenvalue weighted by atomic mass is 9.98. The Labute approximate surface area is 119 Å². The van der Waals surface area contributed by atoms with Gasteiger partial charge in [0.05, 0.1) is 0 Å². The van der Waals surface area contributed by atoms with Crippen molar-refractivity contribution < 1.29 is 8.78 Å². The molecule has 2 aliphatic heterocycles. The maximum Gasteiger partial charge on any atom is 0.263 e. The van der Waals surface area contributed by atoms with Gasteiger partial charge in [0.1, 0.15) is 0 Å². The summed E-state index contributed by atoms with van der Waals surface area (Å²) in [4.78, 5) is 2.33. The number of benzene rings is 1. The Morgan fingerprint density at radius 1 is 1.25 bits per heavy atom. The predicted molar refractivity (Wildman–Crippen MR) is 75.8 cm³/mol. The fourth-order valence-electron chi connectivity index (χ4n) is 3.63. The molecule has 1 N–H and O–H groups in total. The normalized spacial score (nSPS) is 29.4. The first-order chi connectivity index (χ1) is 9.61. The van der Waals surface area contributed by atoms with E-state index >= 15 is 0 Å². The number of halogens is 2. The topological polar surface area (TPSA) is 15.3 Å². The van der Waals surface area contributed by atoms with Crippen LogP contribution in [0.25, 0.3) is 0 Å². The molecule has 2 heterocycles. The number of nitrogens with zero attached hydrogens (tertiary/aromatic N) is 1. The molecule has 0 spiro atoms. The summed E-state index contributed by atoms with van der Waals surface area (Å²) in [5.74, 6) is 0. The van der Waals surface area contributed by atoms with Crippen molar-refractivity contribution >= 4 is 0 Å². The lowest BCUT2D eigenvalue weighted by molar-refractivity contribution is 0.150. The van der Waals surface area contributed by atoms with Gasteiger partial charge in [-0.15, -0.1) is 0 Å². The van der Waals surface area contributed by atoms with E-state index in [1.54, 1.807) is 12.1 Å². The summed E-state index contributed by atoms with van der Waals surface area (Å²) in [6.07, 6.45) is 2.56. The second-order valence-electron chi connectivity index (χ2n) is 6.22. The first kappa shape index (κ1) is 14.0. The lowest BCUT2D eigenvalue weighted by Gasteiger charge is -2.35. The van der Waals surface area contributed by atoms with Gasteiger partial charge in [0.15, 0.2) is 0 Å². The van der Waals surface area contributed by atoms with Gasteiger partial charge in [-0.25, -0.2) is 8.78 Å². The molecule has 1 aromatic carbocycles. The van der Waals surface area contributed by atoms with Crippen molar-refractivity contribution in [2.45, 2.75) is 56.8 Å². The molecule has 0 aliphatic carbocycles. The maximum absolute atomic E-state index is 12.7. The first-order valence-electron chi connectivity index (χ1n) is 7.45. The van der Waals surface area contributed by atoms with Crippen LogP contribution in [-0.4, -0.2) is 30.1 Å². The minimum Gasteiger partial charge on any atom is -0.311 e. The molecular formula is C16H22F2N2. The van der Waals surface area contributed by atoms with Crippen LogP contribution in [0.5, 0.6) is 0 Å². The van der Waals surface area contributed by atoms with Crippen molar-refractivity contribution in [3.05, 3.63) is 35.4 Å². The van der Waals surface area contributed by atoms with Gasteiger partial charge >= 0.3 is 0 Å². The van der Waals surface area contributed by atoms with Crippen molar-refractivity contribution in [3.63, 3.8) is 0 Å². The summed E-state index contributed by atoms with van der Waals surface area (Å²) < 4.78 is 25.5. The van der Waals surface area contributed by atoms with E-state index in [0.29, 0.717) is 18.1 Å². The summed E-state index contributed by atoms with van der Waals surface area (Å²) in [7, 11) is 2.12. The van der Waals surface area contributed by atoms with Gasteiger partial charge in [0.2, 0.25) is 0 Å². The zero-order valence-corrected chi connectivity index (χ0v) is 11.9. The van der Waals surface area contributed by atoms with Crippen LogP contribution < -0.4 is 5.32 Å². The Morgan fingerprint density at radius 2 is 1.95 bits per heavy atom. The summed E-state index contributed by atoms with van der Waals surface area (Å²) in [6.45, 7) is 0.755. The SMILES string of the molecule is CN(Cc1cccc(C(F)F)c1)C1CC2CCC(C1)N2. The zero-order valence-electron chi connectivity index (χ0n) is 11.9. The van der Waals surface area contributed by atoms with Gasteiger partial charge in [-0.1, -0.05) is 18.2 Å². The highest BCUT2D eigenvalue weighted by Crippen LogP contribution is 2.30. The summed E-state index contributed by atoms with van der Waals surface area (Å²) >= 11 is 0. The molecule has 2 bridgehead atoms. The van der Waals surface area contributed by atoms with Gasteiger partial charge in [0.25, 0.3) is 6.43 Å². The second kappa shape index (κ2) is 5.78. The second-order valence-corrected chi connectivity index (χ2v) is 6.22. The van der Waals surface area contributed by atoms with Crippen LogP contribution in [0, 0.1) is 0 Å². The Hall–Kier alpha value is -1.00. The van der Waals surface area contributed by atoms with E-state index in [1.165, 1.54) is 31.7 Å². The van der Waals surface area contributed by atoms with Gasteiger partial charge in [0, 0.05) is 30.2 Å². The standard InChI is InChI=1S/C16H22F2N2/c1-20(15-8-13-5-6-14(9-15)19-13)10-11-3-2-4-12(7-11)16(17)18/h2-4,7,13-16,19H,5-6,8-10H2,1H3. The molecule has 20 heavy (non-hydrogen) atoms. The number of alkyl halides is 2. The third kappa shape index (κ3) is 3.01. The fourth-order valence-corrected chi connectivity index (χ4v) is 3.63. The Kier molecular flexibility index (Phi) is 4.03. The predicted octanol–water partition coefficient (Wildman–Crippen LogP) is 3.34. The van der Waals surface area contributed by atoms with Crippen LogP contribution in [0.2, 0.25) is 0 Å². The van der Waals surface area contributed by atoms with Crippen molar-refractivity contribution in [1.82, 2.24) is 10.2 Å². The Balaban J connectivity index is 1.63. The van der Waals surface area contributed by atoms with E-state index < -0.39 is 6.43 Å². The van der Waals surface area contributed by atoms with Crippen LogP contribution in [0.4, 0.5) is 8.78 Å². The molecule has 0 radical (unpaired) electrons. The van der Waals surface area contributed by atoms with Crippen LogP contribution in [0.15, 0.2) is 24.3 Å². The zero-order chi connectivity index (χ0) is 14.1. The molecule has 2 saturated heterocycles. The van der Waals surface area contributed by atoms with E-state index in [-0.39, 0.29) is 5.56 Å². The number of hydrogen-bond donors (Lipinski definition) is 1.